The first-order valence-electron chi connectivity index (χ1n) is 5.00. The van der Waals surface area contributed by atoms with Crippen molar-refractivity contribution in [3.05, 3.63) is 0 Å². The number of hydrogen-bond donors (Lipinski definition) is 5. The first-order valence-corrected chi connectivity index (χ1v) is 5.00. The normalized spacial score (nSPS) is 16.7. The van der Waals surface area contributed by atoms with Crippen LogP contribution < -0.4 is 0 Å². The fraction of sp³-hybridized carbons (Fsp3) is 1.00. The Morgan fingerprint density at radius 3 is 1.56 bits per heavy atom. The molecule has 1 rings (SSSR count). The molecule has 0 amide bonds. The monoisotopic (exact) mass is 242 g/mol. The number of aliphatic hydroxyl groups excluding tert-OH is 5. The summed E-state index contributed by atoms with van der Waals surface area (Å²) in [6.07, 6.45) is 0.321. The zero-order valence-corrected chi connectivity index (χ0v) is 9.29. The summed E-state index contributed by atoms with van der Waals surface area (Å²) >= 11 is 0. The van der Waals surface area contributed by atoms with Crippen LogP contribution in [0.25, 0.3) is 0 Å². The molecule has 5 N–H and O–H groups in total. The van der Waals surface area contributed by atoms with Crippen LogP contribution in [0.4, 0.5) is 0 Å². The Labute approximate surface area is 94.9 Å². The summed E-state index contributed by atoms with van der Waals surface area (Å²) < 4.78 is 9.78. The van der Waals surface area contributed by atoms with Gasteiger partial charge < -0.3 is 35.0 Å². The number of hydrogen-bond acceptors (Lipinski definition) is 7. The summed E-state index contributed by atoms with van der Waals surface area (Å²) in [5.74, 6) is 0. The van der Waals surface area contributed by atoms with Gasteiger partial charge in [-0.25, -0.2) is 0 Å². The third kappa shape index (κ3) is 23.5. The molecule has 0 saturated carbocycles. The maximum absolute atomic E-state index is 8.23. The fourth-order valence-electron chi connectivity index (χ4n) is 0.444. The van der Waals surface area contributed by atoms with Gasteiger partial charge in [-0.3, -0.25) is 0 Å². The van der Waals surface area contributed by atoms with Gasteiger partial charge in [0.05, 0.1) is 52.9 Å². The lowest BCUT2D eigenvalue weighted by molar-refractivity contribution is 0.0810. The smallest absolute Gasteiger partial charge is 0.104 e. The van der Waals surface area contributed by atoms with Crippen LogP contribution in [-0.4, -0.2) is 84.5 Å². The van der Waals surface area contributed by atoms with E-state index in [0.29, 0.717) is 19.3 Å². The largest absolute Gasteiger partial charge is 0.394 e. The Morgan fingerprint density at radius 2 is 1.31 bits per heavy atom. The fourth-order valence-corrected chi connectivity index (χ4v) is 0.444. The Bertz CT molecular complexity index is 100. The van der Waals surface area contributed by atoms with Crippen molar-refractivity contribution in [1.29, 1.82) is 0 Å². The molecule has 16 heavy (non-hydrogen) atoms. The van der Waals surface area contributed by atoms with Gasteiger partial charge in [-0.1, -0.05) is 0 Å². The lowest BCUT2D eigenvalue weighted by Crippen LogP contribution is -2.04. The molecule has 0 aromatic rings. The van der Waals surface area contributed by atoms with Crippen LogP contribution in [0.1, 0.15) is 0 Å². The zero-order valence-electron chi connectivity index (χ0n) is 9.29. The molecule has 0 aliphatic carbocycles. The second-order valence-corrected chi connectivity index (χ2v) is 2.65. The van der Waals surface area contributed by atoms with E-state index in [2.05, 4.69) is 0 Å². The van der Waals surface area contributed by atoms with Crippen LogP contribution in [0.3, 0.4) is 0 Å². The van der Waals surface area contributed by atoms with Gasteiger partial charge in [-0.2, -0.15) is 0 Å². The van der Waals surface area contributed by atoms with Crippen LogP contribution >= 0.6 is 0 Å². The van der Waals surface area contributed by atoms with Gasteiger partial charge in [0, 0.05) is 0 Å². The summed E-state index contributed by atoms with van der Waals surface area (Å²) in [5, 5.41) is 38.7. The molecule has 1 fully saturated rings. The lowest BCUT2D eigenvalue weighted by Gasteiger charge is -1.95. The molecule has 0 bridgehead atoms. The molecule has 100 valence electrons. The Balaban J connectivity index is 0. The molecule has 1 saturated heterocycles. The van der Waals surface area contributed by atoms with E-state index >= 15 is 0 Å². The predicted octanol–water partition coefficient (Wildman–Crippen LogP) is -2.66. The van der Waals surface area contributed by atoms with Crippen LogP contribution in [0.15, 0.2) is 0 Å². The minimum atomic E-state index is -0.125. The summed E-state index contributed by atoms with van der Waals surface area (Å²) in [6.45, 7) is 1.50. The zero-order chi connectivity index (χ0) is 12.6. The molecule has 1 aliphatic heterocycles. The van der Waals surface area contributed by atoms with Gasteiger partial charge in [0.2, 0.25) is 0 Å². The van der Waals surface area contributed by atoms with Gasteiger partial charge in [0.25, 0.3) is 0 Å². The third-order valence-corrected chi connectivity index (χ3v) is 1.14. The van der Waals surface area contributed by atoms with E-state index in [9.17, 15) is 0 Å². The topological polar surface area (TPSA) is 123 Å². The van der Waals surface area contributed by atoms with E-state index in [0.717, 1.165) is 6.61 Å². The minimum Gasteiger partial charge on any atom is -0.394 e. The second kappa shape index (κ2) is 17.1. The number of rotatable bonds is 6. The third-order valence-electron chi connectivity index (χ3n) is 1.14. The van der Waals surface area contributed by atoms with Gasteiger partial charge in [-0.15, -0.1) is 0 Å². The molecule has 1 atom stereocenters. The quantitative estimate of drug-likeness (QED) is 0.254. The van der Waals surface area contributed by atoms with Crippen molar-refractivity contribution in [2.75, 3.05) is 52.9 Å². The molecule has 0 radical (unpaired) electrons. The van der Waals surface area contributed by atoms with Crippen molar-refractivity contribution in [1.82, 2.24) is 0 Å². The molecule has 0 aromatic heterocycles. The van der Waals surface area contributed by atoms with E-state index in [1.54, 1.807) is 0 Å². The van der Waals surface area contributed by atoms with Crippen molar-refractivity contribution in [2.24, 2.45) is 0 Å². The van der Waals surface area contributed by atoms with E-state index in [-0.39, 0.29) is 33.0 Å². The van der Waals surface area contributed by atoms with Crippen molar-refractivity contribution in [3.63, 3.8) is 0 Å². The lowest BCUT2D eigenvalue weighted by atomic mass is 10.5. The van der Waals surface area contributed by atoms with E-state index in [4.69, 9.17) is 35.0 Å². The maximum atomic E-state index is 8.23. The van der Waals surface area contributed by atoms with E-state index in [1.165, 1.54) is 0 Å². The molecule has 0 spiro atoms. The van der Waals surface area contributed by atoms with Crippen molar-refractivity contribution in [2.45, 2.75) is 6.10 Å². The van der Waals surface area contributed by atoms with Crippen LogP contribution in [0.5, 0.6) is 0 Å². The first kappa shape index (κ1) is 18.1. The molecule has 1 heterocycles. The highest BCUT2D eigenvalue weighted by Crippen LogP contribution is 2.07. The number of ether oxygens (including phenoxy) is 2. The molecule has 1 unspecified atom stereocenters. The van der Waals surface area contributed by atoms with Crippen molar-refractivity contribution < 1.29 is 35.0 Å². The highest BCUT2D eigenvalue weighted by molar-refractivity contribution is 4.66. The first-order chi connectivity index (χ1) is 7.76. The molecule has 1 aliphatic rings. The summed E-state index contributed by atoms with van der Waals surface area (Å²) in [6, 6.07) is 0. The average molecular weight is 242 g/mol. The van der Waals surface area contributed by atoms with Gasteiger partial charge in [0.1, 0.15) is 6.10 Å². The molecule has 7 heteroatoms. The number of aliphatic hydroxyl groups is 5. The van der Waals surface area contributed by atoms with Gasteiger partial charge in [-0.05, 0) is 0 Å². The van der Waals surface area contributed by atoms with Gasteiger partial charge >= 0.3 is 0 Å². The Kier molecular flexibility index (Phi) is 19.4. The summed E-state index contributed by atoms with van der Waals surface area (Å²) in [4.78, 5) is 0. The summed E-state index contributed by atoms with van der Waals surface area (Å²) in [5.41, 5.74) is 0. The Morgan fingerprint density at radius 1 is 0.875 bits per heavy atom. The van der Waals surface area contributed by atoms with Crippen LogP contribution in [-0.2, 0) is 9.47 Å². The predicted molar refractivity (Wildman–Crippen MR) is 56.0 cm³/mol. The highest BCUT2D eigenvalue weighted by atomic mass is 16.6. The molecule has 7 nitrogen and oxygen atoms in total. The highest BCUT2D eigenvalue weighted by Gasteiger charge is 2.21. The Hall–Kier alpha value is -0.280. The molecular formula is C9H22O7. The maximum Gasteiger partial charge on any atom is 0.104 e. The minimum absolute atomic E-state index is 0.104. The van der Waals surface area contributed by atoms with Crippen molar-refractivity contribution in [3.8, 4) is 0 Å². The van der Waals surface area contributed by atoms with E-state index < -0.39 is 0 Å². The average Bonchev–Trinajstić information content (AvgIpc) is 3.14. The molecular weight excluding hydrogens is 220 g/mol. The van der Waals surface area contributed by atoms with Crippen LogP contribution in [0, 0.1) is 0 Å². The SMILES string of the molecule is OCCO.OCCO.OCCOCC1CO1. The second-order valence-electron chi connectivity index (χ2n) is 2.65. The van der Waals surface area contributed by atoms with Crippen molar-refractivity contribution >= 4 is 0 Å². The standard InChI is InChI=1S/C5H10O3.2C2H6O2/c6-1-2-7-3-5-4-8-5;2*3-1-2-4/h5-6H,1-4H2;2*3-4H,1-2H2. The summed E-state index contributed by atoms with van der Waals surface area (Å²) in [7, 11) is 0. The van der Waals surface area contributed by atoms with Crippen LogP contribution in [0.2, 0.25) is 0 Å². The van der Waals surface area contributed by atoms with E-state index in [1.807, 2.05) is 0 Å². The molecule has 0 aromatic carbocycles. The van der Waals surface area contributed by atoms with Gasteiger partial charge in [0.15, 0.2) is 0 Å². The number of epoxide rings is 1.